The first-order valence-electron chi connectivity index (χ1n) is 5.78. The van der Waals surface area contributed by atoms with Gasteiger partial charge in [0.2, 0.25) is 0 Å². The molecule has 0 unspecified atom stereocenters. The first kappa shape index (κ1) is 16.0. The number of hydrazone groups is 1. The van der Waals surface area contributed by atoms with Gasteiger partial charge in [0.15, 0.2) is 0 Å². The highest BCUT2D eigenvalue weighted by Gasteiger charge is 2.32. The lowest BCUT2D eigenvalue weighted by atomic mass is 10.1. The summed E-state index contributed by atoms with van der Waals surface area (Å²) in [5, 5.41) is 3.45. The number of amides is 1. The Hall–Kier alpha value is -2.05. The van der Waals surface area contributed by atoms with E-state index in [9.17, 15) is 18.0 Å². The van der Waals surface area contributed by atoms with Crippen molar-refractivity contribution in [1.29, 1.82) is 0 Å². The van der Waals surface area contributed by atoms with E-state index in [1.165, 1.54) is 18.2 Å². The van der Waals surface area contributed by atoms with Crippen LogP contribution < -0.4 is 5.43 Å². The Kier molecular flexibility index (Phi) is 4.75. The third-order valence-corrected chi connectivity index (χ3v) is 2.02. The predicted molar refractivity (Wildman–Crippen MR) is 68.4 cm³/mol. The number of halogens is 3. The van der Waals surface area contributed by atoms with Crippen molar-refractivity contribution in [3.63, 3.8) is 0 Å². The van der Waals surface area contributed by atoms with Crippen molar-refractivity contribution in [2.75, 3.05) is 0 Å². The van der Waals surface area contributed by atoms with Crippen LogP contribution in [0.4, 0.5) is 18.0 Å². The second-order valence-corrected chi connectivity index (χ2v) is 4.96. The van der Waals surface area contributed by atoms with Crippen LogP contribution in [0, 0.1) is 0 Å². The Balaban J connectivity index is 2.75. The zero-order valence-electron chi connectivity index (χ0n) is 11.3. The molecule has 0 aliphatic heterocycles. The summed E-state index contributed by atoms with van der Waals surface area (Å²) in [4.78, 5) is 11.3. The quantitative estimate of drug-likeness (QED) is 0.668. The summed E-state index contributed by atoms with van der Waals surface area (Å²) in [5.41, 5.74) is 0.336. The second-order valence-electron chi connectivity index (χ2n) is 4.96. The van der Waals surface area contributed by atoms with E-state index in [-0.39, 0.29) is 5.56 Å². The molecule has 7 heteroatoms. The van der Waals surface area contributed by atoms with Crippen LogP contribution in [0.5, 0.6) is 0 Å². The maximum Gasteiger partial charge on any atom is 0.428 e. The molecule has 1 rings (SSSR count). The minimum Gasteiger partial charge on any atom is -0.443 e. The molecule has 0 fully saturated rings. The molecule has 0 saturated carbocycles. The number of ether oxygens (including phenoxy) is 1. The molecule has 0 aliphatic carbocycles. The van der Waals surface area contributed by atoms with Gasteiger partial charge in [-0.1, -0.05) is 18.2 Å². The second kappa shape index (κ2) is 5.94. The van der Waals surface area contributed by atoms with E-state index in [0.717, 1.165) is 12.3 Å². The van der Waals surface area contributed by atoms with Gasteiger partial charge in [-0.2, -0.15) is 18.3 Å². The number of hydrogen-bond donors (Lipinski definition) is 1. The molecular formula is C13H15F3N2O2. The Morgan fingerprint density at radius 2 is 1.85 bits per heavy atom. The summed E-state index contributed by atoms with van der Waals surface area (Å²) in [5.74, 6) is 0. The summed E-state index contributed by atoms with van der Waals surface area (Å²) in [6.07, 6.45) is -4.39. The number of nitrogens with zero attached hydrogens (tertiary/aromatic N) is 1. The molecule has 0 aliphatic rings. The van der Waals surface area contributed by atoms with Gasteiger partial charge in [0.25, 0.3) is 0 Å². The molecule has 0 aromatic heterocycles. The van der Waals surface area contributed by atoms with E-state index in [1.54, 1.807) is 20.8 Å². The molecule has 20 heavy (non-hydrogen) atoms. The van der Waals surface area contributed by atoms with Crippen LogP contribution >= 0.6 is 0 Å². The average molecular weight is 288 g/mol. The molecule has 110 valence electrons. The van der Waals surface area contributed by atoms with Crippen molar-refractivity contribution in [1.82, 2.24) is 5.43 Å². The van der Waals surface area contributed by atoms with Gasteiger partial charge < -0.3 is 4.74 Å². The average Bonchev–Trinajstić information content (AvgIpc) is 2.25. The fourth-order valence-corrected chi connectivity index (χ4v) is 1.32. The number of carbonyl (C=O) groups excluding carboxylic acids is 1. The van der Waals surface area contributed by atoms with E-state index in [4.69, 9.17) is 4.74 Å². The summed E-state index contributed by atoms with van der Waals surface area (Å²) in [7, 11) is 0. The number of alkyl halides is 3. The predicted octanol–water partition coefficient (Wildman–Crippen LogP) is 3.56. The smallest absolute Gasteiger partial charge is 0.428 e. The lowest BCUT2D eigenvalue weighted by Gasteiger charge is -2.18. The Bertz CT molecular complexity index is 505. The van der Waals surface area contributed by atoms with Gasteiger partial charge in [0, 0.05) is 5.56 Å². The minimum atomic E-state index is -4.48. The van der Waals surface area contributed by atoms with E-state index in [1.807, 2.05) is 5.43 Å². The van der Waals surface area contributed by atoms with Crippen LogP contribution in [0.3, 0.4) is 0 Å². The number of nitrogens with one attached hydrogen (secondary N) is 1. The molecule has 1 aromatic carbocycles. The fraction of sp³-hybridized carbons (Fsp3) is 0.385. The first-order chi connectivity index (χ1) is 9.09. The van der Waals surface area contributed by atoms with Crippen LogP contribution in [0.1, 0.15) is 31.9 Å². The third kappa shape index (κ3) is 5.29. The number of benzene rings is 1. The molecule has 0 saturated heterocycles. The van der Waals surface area contributed by atoms with Crippen LogP contribution in [-0.4, -0.2) is 17.9 Å². The fourth-order valence-electron chi connectivity index (χ4n) is 1.32. The maximum atomic E-state index is 12.7. The van der Waals surface area contributed by atoms with Crippen molar-refractivity contribution in [3.05, 3.63) is 35.4 Å². The summed E-state index contributed by atoms with van der Waals surface area (Å²) in [6.45, 7) is 4.99. The Morgan fingerprint density at radius 3 is 2.40 bits per heavy atom. The molecule has 1 N–H and O–H groups in total. The van der Waals surface area contributed by atoms with Crippen molar-refractivity contribution in [3.8, 4) is 0 Å². The highest BCUT2D eigenvalue weighted by molar-refractivity contribution is 5.83. The van der Waals surface area contributed by atoms with Crippen LogP contribution in [0.2, 0.25) is 0 Å². The van der Waals surface area contributed by atoms with Gasteiger partial charge in [-0.3, -0.25) is 0 Å². The molecule has 1 aromatic rings. The molecule has 1 amide bonds. The lowest BCUT2D eigenvalue weighted by Crippen LogP contribution is -2.29. The summed E-state index contributed by atoms with van der Waals surface area (Å²) in [6, 6.07) is 4.92. The summed E-state index contributed by atoms with van der Waals surface area (Å²) < 4.78 is 42.9. The highest BCUT2D eigenvalue weighted by atomic mass is 19.4. The normalized spacial score (nSPS) is 12.5. The van der Waals surface area contributed by atoms with E-state index >= 15 is 0 Å². The monoisotopic (exact) mass is 288 g/mol. The van der Waals surface area contributed by atoms with Crippen molar-refractivity contribution in [2.45, 2.75) is 32.5 Å². The Morgan fingerprint density at radius 1 is 1.25 bits per heavy atom. The van der Waals surface area contributed by atoms with Crippen molar-refractivity contribution < 1.29 is 22.7 Å². The van der Waals surface area contributed by atoms with Gasteiger partial charge in [-0.25, -0.2) is 10.2 Å². The molecule has 0 bridgehead atoms. The SMILES string of the molecule is CC(C)(C)OC(=O)N/N=C\c1ccccc1C(F)(F)F. The molecule has 4 nitrogen and oxygen atoms in total. The van der Waals surface area contributed by atoms with Gasteiger partial charge >= 0.3 is 12.3 Å². The minimum absolute atomic E-state index is 0.143. The molecule has 0 spiro atoms. The van der Waals surface area contributed by atoms with Gasteiger partial charge in [0.1, 0.15) is 5.60 Å². The van der Waals surface area contributed by atoms with E-state index in [2.05, 4.69) is 5.10 Å². The molecule has 0 atom stereocenters. The molecule has 0 heterocycles. The standard InChI is InChI=1S/C13H15F3N2O2/c1-12(2,3)20-11(19)18-17-8-9-6-4-5-7-10(9)13(14,15)16/h4-8H,1-3H3,(H,18,19)/b17-8-. The van der Waals surface area contributed by atoms with Gasteiger partial charge in [-0.05, 0) is 26.8 Å². The molecular weight excluding hydrogens is 273 g/mol. The van der Waals surface area contributed by atoms with Crippen molar-refractivity contribution >= 4 is 12.3 Å². The highest BCUT2D eigenvalue weighted by Crippen LogP contribution is 2.30. The zero-order chi connectivity index (χ0) is 15.4. The van der Waals surface area contributed by atoms with Crippen LogP contribution in [0.25, 0.3) is 0 Å². The maximum absolute atomic E-state index is 12.7. The first-order valence-corrected chi connectivity index (χ1v) is 5.78. The zero-order valence-corrected chi connectivity index (χ0v) is 11.3. The Labute approximate surface area is 114 Å². The van der Waals surface area contributed by atoms with Gasteiger partial charge in [-0.15, -0.1) is 0 Å². The van der Waals surface area contributed by atoms with Crippen molar-refractivity contribution in [2.24, 2.45) is 5.10 Å². The van der Waals surface area contributed by atoms with Crippen LogP contribution in [0.15, 0.2) is 29.4 Å². The number of rotatable bonds is 2. The van der Waals surface area contributed by atoms with E-state index in [0.29, 0.717) is 0 Å². The summed E-state index contributed by atoms with van der Waals surface area (Å²) >= 11 is 0. The van der Waals surface area contributed by atoms with E-state index < -0.39 is 23.4 Å². The lowest BCUT2D eigenvalue weighted by molar-refractivity contribution is -0.137. The van der Waals surface area contributed by atoms with Crippen LogP contribution in [-0.2, 0) is 10.9 Å². The number of carbonyl (C=O) groups is 1. The third-order valence-electron chi connectivity index (χ3n) is 2.02. The largest absolute Gasteiger partial charge is 0.443 e. The topological polar surface area (TPSA) is 50.7 Å². The molecule has 0 radical (unpaired) electrons. The number of hydrogen-bond acceptors (Lipinski definition) is 3. The van der Waals surface area contributed by atoms with Gasteiger partial charge in [0.05, 0.1) is 11.8 Å².